The van der Waals surface area contributed by atoms with E-state index in [-0.39, 0.29) is 0 Å². The van der Waals surface area contributed by atoms with Crippen LogP contribution in [0.1, 0.15) is 5.56 Å². The molecule has 0 bridgehead atoms. The van der Waals surface area contributed by atoms with Crippen molar-refractivity contribution in [3.8, 4) is 5.88 Å². The molecule has 0 radical (unpaired) electrons. The molecule has 11 heteroatoms. The zero-order valence-corrected chi connectivity index (χ0v) is 12.7. The van der Waals surface area contributed by atoms with Crippen molar-refractivity contribution in [1.29, 1.82) is 0 Å². The van der Waals surface area contributed by atoms with E-state index in [0.717, 1.165) is 19.2 Å². The smallest absolute Gasteiger partial charge is 0.417 e. The number of benzene rings is 1. The van der Waals surface area contributed by atoms with Gasteiger partial charge in [-0.2, -0.15) is 13.2 Å². The number of nitrogens with one attached hydrogen (secondary N) is 1. The summed E-state index contributed by atoms with van der Waals surface area (Å²) in [5.41, 5.74) is -1.97. The first-order valence-electron chi connectivity index (χ1n) is 6.13. The summed E-state index contributed by atoms with van der Waals surface area (Å²) >= 11 is 0. The van der Waals surface area contributed by atoms with Crippen LogP contribution in [-0.2, 0) is 16.2 Å². The number of alkyl halides is 3. The molecule has 2 rings (SSSR count). The number of anilines is 1. The summed E-state index contributed by atoms with van der Waals surface area (Å²) in [6, 6.07) is 2.29. The summed E-state index contributed by atoms with van der Waals surface area (Å²) in [7, 11) is -3.67. The Hall–Kier alpha value is -2.43. The second kappa shape index (κ2) is 6.23. The number of sulfonamides is 1. The van der Waals surface area contributed by atoms with E-state index in [9.17, 15) is 30.4 Å². The van der Waals surface area contributed by atoms with Gasteiger partial charge in [-0.05, 0) is 18.2 Å². The molecular weight excluding hydrogens is 359 g/mol. The summed E-state index contributed by atoms with van der Waals surface area (Å²) in [5.74, 6) is -2.80. The van der Waals surface area contributed by atoms with Crippen molar-refractivity contribution in [2.45, 2.75) is 11.1 Å². The lowest BCUT2D eigenvalue weighted by Gasteiger charge is -2.13. The van der Waals surface area contributed by atoms with E-state index in [1.807, 2.05) is 0 Å². The largest absolute Gasteiger partial charge is 0.480 e. The van der Waals surface area contributed by atoms with Crippen molar-refractivity contribution in [3.63, 3.8) is 0 Å². The molecule has 1 heterocycles. The minimum Gasteiger partial charge on any atom is -0.480 e. The van der Waals surface area contributed by atoms with Crippen molar-refractivity contribution >= 4 is 15.7 Å². The van der Waals surface area contributed by atoms with E-state index in [4.69, 9.17) is 0 Å². The van der Waals surface area contributed by atoms with Gasteiger partial charge < -0.3 is 4.74 Å². The third-order valence-corrected chi connectivity index (χ3v) is 4.16. The molecule has 0 aliphatic carbocycles. The van der Waals surface area contributed by atoms with Crippen molar-refractivity contribution in [1.82, 2.24) is 4.98 Å². The van der Waals surface area contributed by atoms with Gasteiger partial charge in [0.15, 0.2) is 0 Å². The van der Waals surface area contributed by atoms with E-state index in [0.29, 0.717) is 18.3 Å². The Kier molecular flexibility index (Phi) is 4.65. The molecule has 0 aliphatic rings. The molecule has 0 saturated heterocycles. The topological polar surface area (TPSA) is 68.3 Å². The van der Waals surface area contributed by atoms with Gasteiger partial charge in [-0.1, -0.05) is 0 Å². The fourth-order valence-corrected chi connectivity index (χ4v) is 2.92. The molecule has 5 nitrogen and oxygen atoms in total. The normalized spacial score (nSPS) is 12.1. The summed E-state index contributed by atoms with van der Waals surface area (Å²) in [6.45, 7) is 0. The van der Waals surface area contributed by atoms with Gasteiger partial charge >= 0.3 is 6.18 Å². The van der Waals surface area contributed by atoms with Crippen molar-refractivity contribution in [2.75, 3.05) is 11.8 Å². The zero-order valence-electron chi connectivity index (χ0n) is 11.9. The van der Waals surface area contributed by atoms with Crippen LogP contribution in [0.3, 0.4) is 0 Å². The van der Waals surface area contributed by atoms with Crippen LogP contribution in [0.5, 0.6) is 5.88 Å². The average molecular weight is 368 g/mol. The molecule has 24 heavy (non-hydrogen) atoms. The van der Waals surface area contributed by atoms with Crippen molar-refractivity contribution < 1.29 is 35.1 Å². The molecular formula is C13H9F5N2O3S. The first-order chi connectivity index (χ1) is 11.0. The zero-order chi connectivity index (χ0) is 18.1. The lowest BCUT2D eigenvalue weighted by atomic mass is 10.3. The molecule has 0 saturated carbocycles. The summed E-state index contributed by atoms with van der Waals surface area (Å²) in [4.78, 5) is 2.35. The van der Waals surface area contributed by atoms with Crippen molar-refractivity contribution in [2.24, 2.45) is 0 Å². The molecule has 1 aromatic heterocycles. The van der Waals surface area contributed by atoms with Crippen LogP contribution < -0.4 is 9.46 Å². The van der Waals surface area contributed by atoms with Crippen LogP contribution in [-0.4, -0.2) is 20.5 Å². The van der Waals surface area contributed by atoms with Crippen LogP contribution in [0.15, 0.2) is 35.4 Å². The molecule has 0 fully saturated rings. The van der Waals surface area contributed by atoms with E-state index < -0.39 is 49.9 Å². The SMILES string of the molecule is COc1ncc(C(F)(F)F)cc1S(=O)(=O)Nc1ccc(F)cc1F. The highest BCUT2D eigenvalue weighted by molar-refractivity contribution is 7.92. The molecule has 2 aromatic rings. The Bertz CT molecular complexity index is 868. The highest BCUT2D eigenvalue weighted by Crippen LogP contribution is 2.33. The Morgan fingerprint density at radius 2 is 1.83 bits per heavy atom. The van der Waals surface area contributed by atoms with Crippen LogP contribution in [0.4, 0.5) is 27.6 Å². The molecule has 1 N–H and O–H groups in total. The van der Waals surface area contributed by atoms with Crippen LogP contribution in [0, 0.1) is 11.6 Å². The molecule has 1 aromatic carbocycles. The maximum Gasteiger partial charge on any atom is 0.417 e. The Morgan fingerprint density at radius 3 is 2.38 bits per heavy atom. The van der Waals surface area contributed by atoms with Gasteiger partial charge in [0.25, 0.3) is 10.0 Å². The fourth-order valence-electron chi connectivity index (χ4n) is 1.70. The highest BCUT2D eigenvalue weighted by Gasteiger charge is 2.34. The van der Waals surface area contributed by atoms with Gasteiger partial charge in [-0.15, -0.1) is 0 Å². The monoisotopic (exact) mass is 368 g/mol. The second-order valence-corrected chi connectivity index (χ2v) is 6.11. The minimum absolute atomic E-state index is 0.301. The molecule has 0 spiro atoms. The Balaban J connectivity index is 2.51. The molecule has 0 aliphatic heterocycles. The third kappa shape index (κ3) is 3.72. The van der Waals surface area contributed by atoms with Gasteiger partial charge in [0.05, 0.1) is 18.4 Å². The third-order valence-electron chi connectivity index (χ3n) is 2.80. The Morgan fingerprint density at radius 1 is 1.17 bits per heavy atom. The number of ether oxygens (including phenoxy) is 1. The predicted octanol–water partition coefficient (Wildman–Crippen LogP) is 3.19. The Labute approximate surface area is 133 Å². The second-order valence-electron chi connectivity index (χ2n) is 4.46. The molecule has 130 valence electrons. The lowest BCUT2D eigenvalue weighted by molar-refractivity contribution is -0.138. The van der Waals surface area contributed by atoms with Crippen LogP contribution in [0.2, 0.25) is 0 Å². The standard InChI is InChI=1S/C13H9F5N2O3S/c1-23-12-11(4-7(6-19-12)13(16,17)18)24(21,22)20-10-3-2-8(14)5-9(10)15/h2-6,20H,1H3. The van der Waals surface area contributed by atoms with E-state index in [2.05, 4.69) is 9.72 Å². The molecule has 0 amide bonds. The fraction of sp³-hybridized carbons (Fsp3) is 0.154. The van der Waals surface area contributed by atoms with Crippen molar-refractivity contribution in [3.05, 3.63) is 47.7 Å². The minimum atomic E-state index is -4.84. The lowest BCUT2D eigenvalue weighted by Crippen LogP contribution is -2.17. The number of nitrogens with zero attached hydrogens (tertiary/aromatic N) is 1. The number of aromatic nitrogens is 1. The van der Waals surface area contributed by atoms with Gasteiger partial charge in [-0.25, -0.2) is 22.2 Å². The average Bonchev–Trinajstić information content (AvgIpc) is 2.48. The number of hydrogen-bond donors (Lipinski definition) is 1. The van der Waals surface area contributed by atoms with Gasteiger partial charge in [0.1, 0.15) is 16.5 Å². The number of halogens is 5. The van der Waals surface area contributed by atoms with E-state index >= 15 is 0 Å². The summed E-state index contributed by atoms with van der Waals surface area (Å²) < 4.78 is 95.4. The van der Waals surface area contributed by atoms with Crippen LogP contribution >= 0.6 is 0 Å². The molecule has 0 atom stereocenters. The molecule has 0 unspecified atom stereocenters. The number of hydrogen-bond acceptors (Lipinski definition) is 4. The summed E-state index contributed by atoms with van der Waals surface area (Å²) in [6.07, 6.45) is -4.44. The quantitative estimate of drug-likeness (QED) is 0.842. The first-order valence-corrected chi connectivity index (χ1v) is 7.62. The highest BCUT2D eigenvalue weighted by atomic mass is 32.2. The number of rotatable bonds is 4. The maximum atomic E-state index is 13.6. The van der Waals surface area contributed by atoms with E-state index in [1.165, 1.54) is 0 Å². The summed E-state index contributed by atoms with van der Waals surface area (Å²) in [5, 5.41) is 0. The first kappa shape index (κ1) is 17.9. The maximum absolute atomic E-state index is 13.6. The van der Waals surface area contributed by atoms with Gasteiger partial charge in [0.2, 0.25) is 5.88 Å². The van der Waals surface area contributed by atoms with Gasteiger partial charge in [-0.3, -0.25) is 4.72 Å². The van der Waals surface area contributed by atoms with Crippen LogP contribution in [0.25, 0.3) is 0 Å². The van der Waals surface area contributed by atoms with Gasteiger partial charge in [0, 0.05) is 12.3 Å². The van der Waals surface area contributed by atoms with E-state index in [1.54, 1.807) is 4.72 Å². The number of methoxy groups -OCH3 is 1. The number of pyridine rings is 1. The predicted molar refractivity (Wildman–Crippen MR) is 73.0 cm³/mol.